The average Bonchev–Trinajstić information content (AvgIpc) is 2.46. The first-order valence-corrected chi connectivity index (χ1v) is 7.78. The van der Waals surface area contributed by atoms with E-state index in [0.29, 0.717) is 6.04 Å². The fraction of sp³-hybridized carbons (Fsp3) is 0.625. The van der Waals surface area contributed by atoms with Crippen LogP contribution in [0.3, 0.4) is 0 Å². The molecule has 1 saturated heterocycles. The Hall–Kier alpha value is -0.770. The molecular formula is C16H26ClN3. The van der Waals surface area contributed by atoms with Crippen molar-refractivity contribution < 1.29 is 0 Å². The zero-order valence-corrected chi connectivity index (χ0v) is 13.7. The summed E-state index contributed by atoms with van der Waals surface area (Å²) in [4.78, 5) is 4.78. The lowest BCUT2D eigenvalue weighted by Crippen LogP contribution is -2.42. The van der Waals surface area contributed by atoms with Crippen molar-refractivity contribution in [1.82, 2.24) is 10.2 Å². The highest BCUT2D eigenvalue weighted by Gasteiger charge is 2.21. The molecule has 0 bridgehead atoms. The van der Waals surface area contributed by atoms with Gasteiger partial charge in [0.2, 0.25) is 0 Å². The first-order chi connectivity index (χ1) is 9.52. The SMILES string of the molecule is CNC(C)c1ccc(N(C)C2CCN(C)CC2)cc1Cl. The van der Waals surface area contributed by atoms with Gasteiger partial charge in [0.25, 0.3) is 0 Å². The molecule has 1 unspecified atom stereocenters. The third-order valence-corrected chi connectivity index (χ3v) is 4.85. The molecule has 1 heterocycles. The van der Waals surface area contributed by atoms with E-state index in [0.717, 1.165) is 10.6 Å². The van der Waals surface area contributed by atoms with Gasteiger partial charge < -0.3 is 15.1 Å². The Morgan fingerprint density at radius 1 is 1.35 bits per heavy atom. The molecule has 3 nitrogen and oxygen atoms in total. The Morgan fingerprint density at radius 3 is 2.55 bits per heavy atom. The van der Waals surface area contributed by atoms with Gasteiger partial charge in [0.1, 0.15) is 0 Å². The van der Waals surface area contributed by atoms with E-state index in [1.807, 2.05) is 7.05 Å². The molecule has 1 atom stereocenters. The molecule has 1 fully saturated rings. The predicted octanol–water partition coefficient (Wildman–Crippen LogP) is 3.15. The van der Waals surface area contributed by atoms with Gasteiger partial charge in [0, 0.05) is 29.8 Å². The summed E-state index contributed by atoms with van der Waals surface area (Å²) in [5.74, 6) is 0. The molecule has 0 amide bonds. The van der Waals surface area contributed by atoms with Crippen LogP contribution in [0.25, 0.3) is 0 Å². The van der Waals surface area contributed by atoms with Gasteiger partial charge in [-0.3, -0.25) is 0 Å². The molecule has 1 aliphatic heterocycles. The second-order valence-corrected chi connectivity index (χ2v) is 6.27. The summed E-state index contributed by atoms with van der Waals surface area (Å²) >= 11 is 6.43. The van der Waals surface area contributed by atoms with Crippen molar-refractivity contribution in [3.63, 3.8) is 0 Å². The number of rotatable bonds is 4. The Kier molecular flexibility index (Phi) is 5.30. The lowest BCUT2D eigenvalue weighted by Gasteiger charge is -2.36. The van der Waals surface area contributed by atoms with E-state index < -0.39 is 0 Å². The van der Waals surface area contributed by atoms with E-state index in [-0.39, 0.29) is 6.04 Å². The van der Waals surface area contributed by atoms with Crippen molar-refractivity contribution in [2.24, 2.45) is 0 Å². The first-order valence-electron chi connectivity index (χ1n) is 7.41. The molecule has 112 valence electrons. The predicted molar refractivity (Wildman–Crippen MR) is 87.8 cm³/mol. The van der Waals surface area contributed by atoms with E-state index in [1.165, 1.54) is 31.6 Å². The van der Waals surface area contributed by atoms with Crippen LogP contribution in [-0.2, 0) is 0 Å². The van der Waals surface area contributed by atoms with Crippen molar-refractivity contribution in [3.8, 4) is 0 Å². The Bertz CT molecular complexity index is 441. The zero-order chi connectivity index (χ0) is 14.7. The molecule has 20 heavy (non-hydrogen) atoms. The van der Waals surface area contributed by atoms with E-state index in [1.54, 1.807) is 0 Å². The summed E-state index contributed by atoms with van der Waals surface area (Å²) in [5.41, 5.74) is 2.38. The topological polar surface area (TPSA) is 18.5 Å². The third-order valence-electron chi connectivity index (χ3n) is 4.53. The number of anilines is 1. The number of benzene rings is 1. The Morgan fingerprint density at radius 2 is 2.00 bits per heavy atom. The maximum Gasteiger partial charge on any atom is 0.0474 e. The van der Waals surface area contributed by atoms with Gasteiger partial charge in [-0.05, 0) is 64.6 Å². The van der Waals surface area contributed by atoms with Gasteiger partial charge in [-0.25, -0.2) is 0 Å². The first kappa shape index (κ1) is 15.6. The molecule has 0 saturated carbocycles. The van der Waals surface area contributed by atoms with Crippen molar-refractivity contribution in [1.29, 1.82) is 0 Å². The van der Waals surface area contributed by atoms with Crippen molar-refractivity contribution in [3.05, 3.63) is 28.8 Å². The summed E-state index contributed by atoms with van der Waals surface area (Å²) in [5, 5.41) is 4.09. The van der Waals surface area contributed by atoms with Gasteiger partial charge in [0.15, 0.2) is 0 Å². The smallest absolute Gasteiger partial charge is 0.0474 e. The normalized spacial score (nSPS) is 19.1. The van der Waals surface area contributed by atoms with Crippen molar-refractivity contribution >= 4 is 17.3 Å². The van der Waals surface area contributed by atoms with E-state index in [2.05, 4.69) is 54.3 Å². The molecule has 1 aromatic rings. The van der Waals surface area contributed by atoms with Gasteiger partial charge in [0.05, 0.1) is 0 Å². The molecule has 0 spiro atoms. The van der Waals surface area contributed by atoms with Crippen LogP contribution in [-0.4, -0.2) is 45.2 Å². The minimum absolute atomic E-state index is 0.283. The van der Waals surface area contributed by atoms with Crippen LogP contribution in [0.1, 0.15) is 31.4 Å². The van der Waals surface area contributed by atoms with Crippen LogP contribution < -0.4 is 10.2 Å². The van der Waals surface area contributed by atoms with Crippen molar-refractivity contribution in [2.75, 3.05) is 39.1 Å². The second-order valence-electron chi connectivity index (χ2n) is 5.86. The lowest BCUT2D eigenvalue weighted by molar-refractivity contribution is 0.253. The quantitative estimate of drug-likeness (QED) is 0.920. The highest BCUT2D eigenvalue weighted by Crippen LogP contribution is 2.29. The molecule has 1 N–H and O–H groups in total. The summed E-state index contributed by atoms with van der Waals surface area (Å²) < 4.78 is 0. The second kappa shape index (κ2) is 6.79. The fourth-order valence-electron chi connectivity index (χ4n) is 2.84. The average molecular weight is 296 g/mol. The molecule has 1 aromatic carbocycles. The monoisotopic (exact) mass is 295 g/mol. The number of hydrogen-bond acceptors (Lipinski definition) is 3. The highest BCUT2D eigenvalue weighted by atomic mass is 35.5. The lowest BCUT2D eigenvalue weighted by atomic mass is 10.0. The number of nitrogens with zero attached hydrogens (tertiary/aromatic N) is 2. The largest absolute Gasteiger partial charge is 0.371 e. The summed E-state index contributed by atoms with van der Waals surface area (Å²) in [6, 6.07) is 7.33. The van der Waals surface area contributed by atoms with Crippen LogP contribution in [0.5, 0.6) is 0 Å². The molecule has 4 heteroatoms. The summed E-state index contributed by atoms with van der Waals surface area (Å²) in [6.07, 6.45) is 2.44. The van der Waals surface area contributed by atoms with Gasteiger partial charge in [-0.2, -0.15) is 0 Å². The number of nitrogens with one attached hydrogen (secondary N) is 1. The molecule has 1 aliphatic rings. The standard InChI is InChI=1S/C16H26ClN3/c1-12(18-2)15-6-5-14(11-16(15)17)20(4)13-7-9-19(3)10-8-13/h5-6,11-13,18H,7-10H2,1-4H3. The minimum Gasteiger partial charge on any atom is -0.371 e. The Labute approximate surface area is 127 Å². The van der Waals surface area contributed by atoms with Crippen LogP contribution in [0.4, 0.5) is 5.69 Å². The molecule has 0 radical (unpaired) electrons. The van der Waals surface area contributed by atoms with E-state index in [9.17, 15) is 0 Å². The van der Waals surface area contributed by atoms with Gasteiger partial charge in [-0.15, -0.1) is 0 Å². The van der Waals surface area contributed by atoms with Gasteiger partial charge >= 0.3 is 0 Å². The molecule has 0 aromatic heterocycles. The van der Waals surface area contributed by atoms with E-state index >= 15 is 0 Å². The zero-order valence-electron chi connectivity index (χ0n) is 13.0. The fourth-order valence-corrected chi connectivity index (χ4v) is 3.17. The van der Waals surface area contributed by atoms with Crippen LogP contribution in [0.15, 0.2) is 18.2 Å². The third kappa shape index (κ3) is 3.46. The van der Waals surface area contributed by atoms with E-state index in [4.69, 9.17) is 11.6 Å². The highest BCUT2D eigenvalue weighted by molar-refractivity contribution is 6.31. The number of hydrogen-bond donors (Lipinski definition) is 1. The molecule has 0 aliphatic carbocycles. The maximum absolute atomic E-state index is 6.43. The Balaban J connectivity index is 2.10. The van der Waals surface area contributed by atoms with Crippen molar-refractivity contribution in [2.45, 2.75) is 31.8 Å². The number of halogens is 1. The maximum atomic E-state index is 6.43. The summed E-state index contributed by atoms with van der Waals surface area (Å²) in [6.45, 7) is 4.48. The molecule has 2 rings (SSSR count). The van der Waals surface area contributed by atoms with Crippen LogP contribution in [0.2, 0.25) is 5.02 Å². The minimum atomic E-state index is 0.283. The number of likely N-dealkylation sites (tertiary alicyclic amines) is 1. The van der Waals surface area contributed by atoms with Crippen LogP contribution in [0, 0.1) is 0 Å². The van der Waals surface area contributed by atoms with Crippen LogP contribution >= 0.6 is 11.6 Å². The summed E-state index contributed by atoms with van der Waals surface area (Å²) in [7, 11) is 6.34. The molecular weight excluding hydrogens is 270 g/mol. The van der Waals surface area contributed by atoms with Gasteiger partial charge in [-0.1, -0.05) is 17.7 Å². The number of piperidine rings is 1.